The van der Waals surface area contributed by atoms with Gasteiger partial charge in [0.15, 0.2) is 0 Å². The number of hydrogen-bond acceptors (Lipinski definition) is 7. The minimum Gasteiger partial charge on any atom is -0.486 e. The first kappa shape index (κ1) is 28.4. The third-order valence-electron chi connectivity index (χ3n) is 6.18. The van der Waals surface area contributed by atoms with Crippen LogP contribution in [0.1, 0.15) is 18.4 Å². The lowest BCUT2D eigenvalue weighted by molar-refractivity contribution is -0.138. The number of hydrogen-bond donors (Lipinski definition) is 1. The molecule has 9 nitrogen and oxygen atoms in total. The van der Waals surface area contributed by atoms with Crippen LogP contribution in [0.2, 0.25) is 5.02 Å². The van der Waals surface area contributed by atoms with Gasteiger partial charge in [-0.2, -0.15) is 18.2 Å². The molecule has 41 heavy (non-hydrogen) atoms. The molecule has 0 spiro atoms. The van der Waals surface area contributed by atoms with E-state index in [1.54, 1.807) is 0 Å². The first-order valence-electron chi connectivity index (χ1n) is 11.9. The average molecular weight is 612 g/mol. The van der Waals surface area contributed by atoms with E-state index in [1.807, 2.05) is 0 Å². The Morgan fingerprint density at radius 2 is 1.88 bits per heavy atom. The molecule has 0 unspecified atom stereocenters. The highest BCUT2D eigenvalue weighted by Gasteiger charge is 2.37. The summed E-state index contributed by atoms with van der Waals surface area (Å²) in [5, 5.41) is 12.9. The summed E-state index contributed by atoms with van der Waals surface area (Å²) in [6.45, 7) is -0.384. The Bertz CT molecular complexity index is 1720. The molecule has 5 rings (SSSR count). The number of nitrogens with zero attached hydrogens (tertiary/aromatic N) is 3. The summed E-state index contributed by atoms with van der Waals surface area (Å²) in [5.41, 5.74) is -1.14. The topological polar surface area (TPSA) is 123 Å². The van der Waals surface area contributed by atoms with E-state index in [0.29, 0.717) is 6.07 Å². The van der Waals surface area contributed by atoms with E-state index in [4.69, 9.17) is 26.0 Å². The number of rotatable bonds is 7. The van der Waals surface area contributed by atoms with Gasteiger partial charge in [0, 0.05) is 12.0 Å². The van der Waals surface area contributed by atoms with Crippen LogP contribution in [0.25, 0.3) is 22.8 Å². The van der Waals surface area contributed by atoms with Crippen LogP contribution in [0.15, 0.2) is 70.1 Å². The Morgan fingerprint density at radius 1 is 1.12 bits per heavy atom. The highest BCUT2D eigenvalue weighted by Crippen LogP contribution is 2.41. The monoisotopic (exact) mass is 611 g/mol. The molecule has 1 aliphatic rings. The zero-order valence-corrected chi connectivity index (χ0v) is 22.2. The molecule has 2 heterocycles. The number of aliphatic carboxylic acids is 1. The molecule has 1 aromatic heterocycles. The summed E-state index contributed by atoms with van der Waals surface area (Å²) >= 11 is 6.07. The summed E-state index contributed by atoms with van der Waals surface area (Å²) in [5.74, 6) is -2.11. The van der Waals surface area contributed by atoms with Crippen molar-refractivity contribution in [3.8, 4) is 28.6 Å². The Morgan fingerprint density at radius 3 is 2.59 bits per heavy atom. The Labute approximate surface area is 235 Å². The normalized spacial score (nSPS) is 15.3. The molecule has 0 amide bonds. The zero-order chi connectivity index (χ0) is 29.5. The number of fused-ring (bicyclic) bond motifs is 1. The van der Waals surface area contributed by atoms with E-state index in [9.17, 15) is 30.8 Å². The van der Waals surface area contributed by atoms with Crippen molar-refractivity contribution < 1.29 is 45.1 Å². The molecule has 1 atom stereocenters. The second-order valence-corrected chi connectivity index (χ2v) is 11.2. The van der Waals surface area contributed by atoms with E-state index in [-0.39, 0.29) is 58.7 Å². The number of alkyl halides is 3. The maximum atomic E-state index is 14.4. The number of benzene rings is 3. The summed E-state index contributed by atoms with van der Waals surface area (Å²) in [6, 6.07) is 11.4. The van der Waals surface area contributed by atoms with Gasteiger partial charge >= 0.3 is 12.1 Å². The summed E-state index contributed by atoms with van der Waals surface area (Å²) in [4.78, 5) is 14.7. The smallest absolute Gasteiger partial charge is 0.416 e. The molecule has 4 aromatic rings. The number of carbonyl (C=O) groups is 1. The molecule has 0 aliphatic carbocycles. The number of carboxylic acids is 1. The third kappa shape index (κ3) is 5.70. The van der Waals surface area contributed by atoms with Crippen molar-refractivity contribution in [3.63, 3.8) is 0 Å². The molecule has 15 heteroatoms. The predicted octanol–water partition coefficient (Wildman–Crippen LogP) is 6.04. The second kappa shape index (κ2) is 10.7. The molecular formula is C26H18ClF4N3O6S. The Hall–Kier alpha value is -4.17. The quantitative estimate of drug-likeness (QED) is 0.251. The molecule has 214 valence electrons. The molecule has 0 saturated carbocycles. The molecule has 1 aliphatic heterocycles. The maximum Gasteiger partial charge on any atom is 0.416 e. The molecule has 1 N–H and O–H groups in total. The highest BCUT2D eigenvalue weighted by molar-refractivity contribution is 7.92. The number of ether oxygens (including phenoxy) is 1. The fourth-order valence-corrected chi connectivity index (χ4v) is 6.01. The first-order chi connectivity index (χ1) is 19.3. The van der Waals surface area contributed by atoms with Crippen molar-refractivity contribution in [1.82, 2.24) is 10.1 Å². The molecule has 3 aromatic carbocycles. The van der Waals surface area contributed by atoms with Crippen LogP contribution in [-0.4, -0.2) is 42.3 Å². The molecule has 0 saturated heterocycles. The number of halogens is 5. The van der Waals surface area contributed by atoms with E-state index < -0.39 is 44.5 Å². The summed E-state index contributed by atoms with van der Waals surface area (Å²) < 4.78 is 93.7. The maximum absolute atomic E-state index is 14.4. The van der Waals surface area contributed by atoms with Crippen LogP contribution in [0.5, 0.6) is 5.75 Å². The number of aromatic nitrogens is 2. The second-order valence-electron chi connectivity index (χ2n) is 8.94. The van der Waals surface area contributed by atoms with Crippen molar-refractivity contribution in [3.05, 3.63) is 77.1 Å². The van der Waals surface area contributed by atoms with E-state index in [2.05, 4.69) is 10.1 Å². The third-order valence-corrected chi connectivity index (χ3v) is 8.27. The van der Waals surface area contributed by atoms with Crippen molar-refractivity contribution in [2.24, 2.45) is 0 Å². The van der Waals surface area contributed by atoms with Gasteiger partial charge in [-0.15, -0.1) is 0 Å². The molecule has 0 fully saturated rings. The van der Waals surface area contributed by atoms with Crippen LogP contribution in [-0.2, 0) is 21.0 Å². The van der Waals surface area contributed by atoms with Crippen molar-refractivity contribution in [2.75, 3.05) is 10.8 Å². The van der Waals surface area contributed by atoms with Gasteiger partial charge in [0.05, 0.1) is 33.3 Å². The molecule has 0 radical (unpaired) electrons. The van der Waals surface area contributed by atoms with Gasteiger partial charge in [0.2, 0.25) is 5.82 Å². The van der Waals surface area contributed by atoms with Gasteiger partial charge in [-0.1, -0.05) is 28.9 Å². The van der Waals surface area contributed by atoms with Crippen LogP contribution < -0.4 is 9.04 Å². The zero-order valence-electron chi connectivity index (χ0n) is 20.6. The van der Waals surface area contributed by atoms with Crippen LogP contribution in [0, 0.1) is 5.82 Å². The Kier molecular flexibility index (Phi) is 7.38. The highest BCUT2D eigenvalue weighted by atomic mass is 35.5. The fourth-order valence-electron chi connectivity index (χ4n) is 4.22. The number of anilines is 1. The lowest BCUT2D eigenvalue weighted by Gasteiger charge is -2.35. The van der Waals surface area contributed by atoms with Gasteiger partial charge in [-0.25, -0.2) is 12.8 Å². The fraction of sp³-hybridized carbons (Fsp3) is 0.192. The average Bonchev–Trinajstić information content (AvgIpc) is 3.40. The van der Waals surface area contributed by atoms with Crippen LogP contribution in [0.4, 0.5) is 23.2 Å². The summed E-state index contributed by atoms with van der Waals surface area (Å²) in [7, 11) is -4.60. The first-order valence-corrected chi connectivity index (χ1v) is 13.7. The van der Waals surface area contributed by atoms with Crippen LogP contribution in [0.3, 0.4) is 0 Å². The van der Waals surface area contributed by atoms with Gasteiger partial charge in [-0.05, 0) is 55.0 Å². The predicted molar refractivity (Wildman–Crippen MR) is 137 cm³/mol. The van der Waals surface area contributed by atoms with Gasteiger partial charge in [0.1, 0.15) is 17.7 Å². The van der Waals surface area contributed by atoms with Crippen LogP contribution >= 0.6 is 11.6 Å². The van der Waals surface area contributed by atoms with Crippen molar-refractivity contribution in [2.45, 2.75) is 30.0 Å². The molecule has 0 bridgehead atoms. The lowest BCUT2D eigenvalue weighted by Crippen LogP contribution is -2.43. The van der Waals surface area contributed by atoms with Gasteiger partial charge in [0.25, 0.3) is 15.9 Å². The Balaban J connectivity index is 1.57. The largest absolute Gasteiger partial charge is 0.486 e. The molecular weight excluding hydrogens is 594 g/mol. The van der Waals surface area contributed by atoms with Gasteiger partial charge in [-0.3, -0.25) is 9.10 Å². The van der Waals surface area contributed by atoms with Crippen molar-refractivity contribution >= 4 is 33.3 Å². The lowest BCUT2D eigenvalue weighted by atomic mass is 10.1. The van der Waals surface area contributed by atoms with Crippen molar-refractivity contribution in [1.29, 1.82) is 0 Å². The minimum atomic E-state index is -4.79. The number of carboxylic acid groups (broad SMARTS) is 1. The van der Waals surface area contributed by atoms with E-state index in [0.717, 1.165) is 28.6 Å². The number of sulfonamides is 1. The minimum absolute atomic E-state index is 0.0183. The summed E-state index contributed by atoms with van der Waals surface area (Å²) in [6.07, 6.45) is -6.10. The van der Waals surface area contributed by atoms with E-state index in [1.165, 1.54) is 30.3 Å². The van der Waals surface area contributed by atoms with E-state index >= 15 is 0 Å². The van der Waals surface area contributed by atoms with Gasteiger partial charge < -0.3 is 14.4 Å². The standard InChI is InChI=1S/C26H18ClF4N3O6S/c27-18-5-2-6-19(28)23(18)25-32-24(33-40-25)14-7-9-21-20(11-14)34(13-16(39-21)8-10-22(35)36)41(37,38)17-4-1-3-15(12-17)26(29,30)31/h1-7,9,11-12,16H,8,10,13H2,(H,35,36)/t16-/m0/s1. The SMILES string of the molecule is O=C(O)CC[C@H]1CN(S(=O)(=O)c2cccc(C(F)(F)F)c2)c2cc(-c3noc(-c4c(F)cccc4Cl)n3)ccc2O1.